The van der Waals surface area contributed by atoms with Gasteiger partial charge in [-0.2, -0.15) is 0 Å². The Hall–Kier alpha value is -2.42. The van der Waals surface area contributed by atoms with Crippen LogP contribution in [0.3, 0.4) is 0 Å². The van der Waals surface area contributed by atoms with Crippen molar-refractivity contribution in [3.05, 3.63) is 47.0 Å². The Balaban J connectivity index is 1.29. The summed E-state index contributed by atoms with van der Waals surface area (Å²) < 4.78 is 1.64. The number of amides is 3. The number of thiazole rings is 1. The third kappa shape index (κ3) is 4.27. The second-order valence-electron chi connectivity index (χ2n) is 8.39. The second-order valence-corrected chi connectivity index (χ2v) is 11.1. The molecule has 1 aliphatic heterocycles. The summed E-state index contributed by atoms with van der Waals surface area (Å²) in [6.45, 7) is 1.86. The molecule has 0 radical (unpaired) electrons. The molecule has 170 valence electrons. The first-order valence-electron chi connectivity index (χ1n) is 10.9. The molecule has 1 N–H and O–H groups in total. The van der Waals surface area contributed by atoms with Crippen LogP contribution < -0.4 is 10.2 Å². The minimum absolute atomic E-state index is 0.0730. The molecule has 6 nitrogen and oxygen atoms in total. The normalized spacial score (nSPS) is 20.4. The van der Waals surface area contributed by atoms with E-state index >= 15 is 0 Å². The fourth-order valence-corrected chi connectivity index (χ4v) is 6.64. The first-order chi connectivity index (χ1) is 15.9. The fourth-order valence-electron chi connectivity index (χ4n) is 4.57. The van der Waals surface area contributed by atoms with E-state index in [2.05, 4.69) is 10.3 Å². The molecule has 1 saturated carbocycles. The number of halogens is 1. The molecular weight excluding hydrogens is 478 g/mol. The number of thioether (sulfide) groups is 1. The fraction of sp³-hybridized carbons (Fsp3) is 0.333. The maximum absolute atomic E-state index is 12.9. The second kappa shape index (κ2) is 9.08. The van der Waals surface area contributed by atoms with E-state index in [0.29, 0.717) is 16.4 Å². The van der Waals surface area contributed by atoms with E-state index in [9.17, 15) is 14.4 Å². The number of rotatable bonds is 5. The third-order valence-corrected chi connectivity index (χ3v) is 8.89. The quantitative estimate of drug-likeness (QED) is 0.361. The summed E-state index contributed by atoms with van der Waals surface area (Å²) in [6.07, 6.45) is 3.61. The Labute approximate surface area is 204 Å². The number of anilines is 2. The first kappa shape index (κ1) is 22.4. The monoisotopic (exact) mass is 499 g/mol. The molecule has 5 rings (SSSR count). The number of imide groups is 1. The van der Waals surface area contributed by atoms with Crippen molar-refractivity contribution in [1.82, 2.24) is 4.98 Å². The summed E-state index contributed by atoms with van der Waals surface area (Å²) in [4.78, 5) is 44.2. The average Bonchev–Trinajstić information content (AvgIpc) is 3.33. The SMILES string of the molecule is Cc1c(Cl)cccc1NC(=O)CSc1nc2ccc(N3C(=O)[C@H]4CCCC[C@@H]4C3=O)cc2s1. The Bertz CT molecular complexity index is 1250. The molecule has 1 aliphatic carbocycles. The minimum atomic E-state index is -0.170. The van der Waals surface area contributed by atoms with Gasteiger partial charge in [-0.15, -0.1) is 11.3 Å². The number of nitrogens with zero attached hydrogens (tertiary/aromatic N) is 2. The van der Waals surface area contributed by atoms with Crippen LogP contribution in [0.15, 0.2) is 40.7 Å². The van der Waals surface area contributed by atoms with Crippen molar-refractivity contribution in [1.29, 1.82) is 0 Å². The highest BCUT2D eigenvalue weighted by atomic mass is 35.5. The van der Waals surface area contributed by atoms with Gasteiger partial charge in [0.05, 0.1) is 33.5 Å². The van der Waals surface area contributed by atoms with Gasteiger partial charge in [-0.1, -0.05) is 42.3 Å². The maximum Gasteiger partial charge on any atom is 0.237 e. The minimum Gasteiger partial charge on any atom is -0.325 e. The van der Waals surface area contributed by atoms with Crippen molar-refractivity contribution in [2.45, 2.75) is 36.9 Å². The molecular formula is C24H22ClN3O3S2. The summed E-state index contributed by atoms with van der Waals surface area (Å²) in [5.74, 6) is -0.411. The van der Waals surface area contributed by atoms with Gasteiger partial charge in [-0.25, -0.2) is 4.98 Å². The summed E-state index contributed by atoms with van der Waals surface area (Å²) in [6, 6.07) is 10.9. The van der Waals surface area contributed by atoms with Crippen LogP contribution >= 0.6 is 34.7 Å². The lowest BCUT2D eigenvalue weighted by atomic mass is 9.81. The van der Waals surface area contributed by atoms with Gasteiger partial charge in [0.25, 0.3) is 0 Å². The maximum atomic E-state index is 12.9. The van der Waals surface area contributed by atoms with E-state index in [-0.39, 0.29) is 35.3 Å². The highest BCUT2D eigenvalue weighted by Gasteiger charge is 2.48. The molecule has 3 amide bonds. The number of hydrogen-bond acceptors (Lipinski definition) is 6. The van der Waals surface area contributed by atoms with Gasteiger partial charge in [-0.3, -0.25) is 19.3 Å². The molecule has 1 aromatic heterocycles. The van der Waals surface area contributed by atoms with Crippen molar-refractivity contribution in [2.75, 3.05) is 16.0 Å². The van der Waals surface area contributed by atoms with Crippen molar-refractivity contribution in [3.8, 4) is 0 Å². The molecule has 1 saturated heterocycles. The number of aromatic nitrogens is 1. The van der Waals surface area contributed by atoms with Crippen molar-refractivity contribution >= 4 is 74.0 Å². The summed E-state index contributed by atoms with van der Waals surface area (Å²) in [5.41, 5.74) is 2.92. The van der Waals surface area contributed by atoms with Crippen molar-refractivity contribution < 1.29 is 14.4 Å². The van der Waals surface area contributed by atoms with E-state index in [4.69, 9.17) is 11.6 Å². The number of fused-ring (bicyclic) bond motifs is 2. The summed E-state index contributed by atoms with van der Waals surface area (Å²) in [5, 5.41) is 3.49. The van der Waals surface area contributed by atoms with Crippen LogP contribution in [0.4, 0.5) is 11.4 Å². The molecule has 33 heavy (non-hydrogen) atoms. The zero-order valence-corrected chi connectivity index (χ0v) is 20.4. The van der Waals surface area contributed by atoms with Crippen molar-refractivity contribution in [2.24, 2.45) is 11.8 Å². The highest BCUT2D eigenvalue weighted by Crippen LogP contribution is 2.41. The van der Waals surface area contributed by atoms with Gasteiger partial charge in [0.2, 0.25) is 17.7 Å². The molecule has 2 aliphatic rings. The summed E-state index contributed by atoms with van der Waals surface area (Å²) >= 11 is 8.93. The lowest BCUT2D eigenvalue weighted by Crippen LogP contribution is -2.30. The number of hydrogen-bond donors (Lipinski definition) is 1. The van der Waals surface area contributed by atoms with Gasteiger partial charge in [0.1, 0.15) is 0 Å². The molecule has 0 spiro atoms. The number of carbonyl (C=O) groups excluding carboxylic acids is 3. The van der Waals surface area contributed by atoms with E-state index in [1.165, 1.54) is 28.0 Å². The van der Waals surface area contributed by atoms with E-state index in [0.717, 1.165) is 45.8 Å². The van der Waals surface area contributed by atoms with Crippen LogP contribution in [0.25, 0.3) is 10.2 Å². The summed E-state index contributed by atoms with van der Waals surface area (Å²) in [7, 11) is 0. The lowest BCUT2D eigenvalue weighted by molar-refractivity contribution is -0.122. The predicted octanol–water partition coefficient (Wildman–Crippen LogP) is 5.67. The molecule has 0 unspecified atom stereocenters. The van der Waals surface area contributed by atoms with Crippen molar-refractivity contribution in [3.63, 3.8) is 0 Å². The van der Waals surface area contributed by atoms with Crippen LogP contribution in [0.5, 0.6) is 0 Å². The first-order valence-corrected chi connectivity index (χ1v) is 13.1. The molecule has 3 aromatic rings. The molecule has 2 heterocycles. The zero-order valence-electron chi connectivity index (χ0n) is 18.0. The molecule has 0 bridgehead atoms. The highest BCUT2D eigenvalue weighted by molar-refractivity contribution is 8.01. The van der Waals surface area contributed by atoms with E-state index < -0.39 is 0 Å². The Morgan fingerprint density at radius 3 is 2.64 bits per heavy atom. The van der Waals surface area contributed by atoms with Crippen LogP contribution in [0, 0.1) is 18.8 Å². The molecule has 2 atom stereocenters. The van der Waals surface area contributed by atoms with Gasteiger partial charge in [0, 0.05) is 10.7 Å². The topological polar surface area (TPSA) is 79.4 Å². The Morgan fingerprint density at radius 1 is 1.18 bits per heavy atom. The van der Waals surface area contributed by atoms with Gasteiger partial charge in [0.15, 0.2) is 4.34 Å². The molecule has 9 heteroatoms. The number of nitrogens with one attached hydrogen (secondary N) is 1. The van der Waals surface area contributed by atoms with Gasteiger partial charge >= 0.3 is 0 Å². The van der Waals surface area contributed by atoms with E-state index in [1.54, 1.807) is 18.2 Å². The largest absolute Gasteiger partial charge is 0.325 e. The number of carbonyl (C=O) groups is 3. The molecule has 2 fully saturated rings. The van der Waals surface area contributed by atoms with Gasteiger partial charge < -0.3 is 5.32 Å². The number of benzene rings is 2. The Kier molecular flexibility index (Phi) is 6.16. The average molecular weight is 500 g/mol. The van der Waals surface area contributed by atoms with E-state index in [1.807, 2.05) is 25.1 Å². The standard InChI is InChI=1S/C24H22ClN3O3S2/c1-13-17(25)7-4-8-18(13)26-21(29)12-32-24-27-19-10-9-14(11-20(19)33-24)28-22(30)15-5-2-3-6-16(15)23(28)31/h4,7-11,15-16H,2-3,5-6,12H2,1H3,(H,26,29)/t15-,16-/m0/s1. The zero-order chi connectivity index (χ0) is 23.1. The smallest absolute Gasteiger partial charge is 0.237 e. The van der Waals surface area contributed by atoms with Crippen LogP contribution in [-0.4, -0.2) is 28.5 Å². The van der Waals surface area contributed by atoms with Crippen LogP contribution in [0.2, 0.25) is 5.02 Å². The third-order valence-electron chi connectivity index (χ3n) is 6.32. The Morgan fingerprint density at radius 2 is 1.91 bits per heavy atom. The van der Waals surface area contributed by atoms with Gasteiger partial charge in [-0.05, 0) is 55.7 Å². The van der Waals surface area contributed by atoms with Crippen LogP contribution in [0.1, 0.15) is 31.2 Å². The lowest BCUT2D eigenvalue weighted by Gasteiger charge is -2.19. The predicted molar refractivity (Wildman–Crippen MR) is 133 cm³/mol. The molecule has 2 aromatic carbocycles. The van der Waals surface area contributed by atoms with Crippen LogP contribution in [-0.2, 0) is 14.4 Å².